The van der Waals surface area contributed by atoms with Crippen LogP contribution in [0.4, 0.5) is 0 Å². The fourth-order valence-electron chi connectivity index (χ4n) is 1.05. The van der Waals surface area contributed by atoms with E-state index in [9.17, 15) is 8.42 Å². The molecule has 0 fully saturated rings. The van der Waals surface area contributed by atoms with Crippen LogP contribution in [0.15, 0.2) is 29.2 Å². The molecule has 1 aromatic carbocycles. The molecule has 0 heterocycles. The van der Waals surface area contributed by atoms with Gasteiger partial charge in [-0.3, -0.25) is 0 Å². The number of rotatable bonds is 4. The first-order valence-electron chi connectivity index (χ1n) is 3.97. The van der Waals surface area contributed by atoms with E-state index < -0.39 is 9.84 Å². The number of hydrogen-bond donors (Lipinski definition) is 0. The van der Waals surface area contributed by atoms with E-state index in [4.69, 9.17) is 11.6 Å². The minimum Gasteiger partial charge on any atom is -0.368 e. The number of ether oxygens (including phenoxy) is 1. The Balaban J connectivity index is 3.07. The highest BCUT2D eigenvalue weighted by molar-refractivity contribution is 7.91. The highest BCUT2D eigenvalue weighted by Crippen LogP contribution is 2.14. The van der Waals surface area contributed by atoms with Crippen LogP contribution in [0.5, 0.6) is 0 Å². The van der Waals surface area contributed by atoms with Crippen LogP contribution in [0, 0.1) is 0 Å². The van der Waals surface area contributed by atoms with Gasteiger partial charge in [-0.1, -0.05) is 12.1 Å². The average Bonchev–Trinajstić information content (AvgIpc) is 2.18. The Morgan fingerprint density at radius 2 is 2.14 bits per heavy atom. The van der Waals surface area contributed by atoms with Crippen molar-refractivity contribution < 1.29 is 13.2 Å². The van der Waals surface area contributed by atoms with Gasteiger partial charge in [-0.15, -0.1) is 11.6 Å². The van der Waals surface area contributed by atoms with E-state index >= 15 is 0 Å². The number of benzene rings is 1. The van der Waals surface area contributed by atoms with Crippen molar-refractivity contribution in [1.82, 2.24) is 0 Å². The molecule has 0 amide bonds. The molecule has 0 radical (unpaired) electrons. The van der Waals surface area contributed by atoms with Crippen molar-refractivity contribution in [3.63, 3.8) is 0 Å². The van der Waals surface area contributed by atoms with Crippen molar-refractivity contribution in [2.75, 3.05) is 13.0 Å². The highest BCUT2D eigenvalue weighted by Gasteiger charge is 2.13. The zero-order valence-electron chi connectivity index (χ0n) is 7.73. The summed E-state index contributed by atoms with van der Waals surface area (Å²) in [6.07, 6.45) is 0. The summed E-state index contributed by atoms with van der Waals surface area (Å²) in [4.78, 5) is 0.248. The van der Waals surface area contributed by atoms with Gasteiger partial charge in [0.1, 0.15) is 0 Å². The SMILES string of the molecule is COCS(=O)(=O)c1cccc(CCl)c1. The van der Waals surface area contributed by atoms with Gasteiger partial charge in [-0.05, 0) is 17.7 Å². The van der Waals surface area contributed by atoms with Gasteiger partial charge < -0.3 is 4.74 Å². The Bertz CT molecular complexity index is 400. The minimum atomic E-state index is -3.32. The molecule has 0 aromatic heterocycles. The Morgan fingerprint density at radius 1 is 1.43 bits per heavy atom. The zero-order chi connectivity index (χ0) is 10.6. The molecule has 0 atom stereocenters. The van der Waals surface area contributed by atoms with Crippen LogP contribution in [0.1, 0.15) is 5.56 Å². The van der Waals surface area contributed by atoms with Crippen LogP contribution in [0.3, 0.4) is 0 Å². The molecule has 0 saturated carbocycles. The summed E-state index contributed by atoms with van der Waals surface area (Å²) in [5, 5.41) is 0. The first-order chi connectivity index (χ1) is 6.60. The van der Waals surface area contributed by atoms with Crippen molar-refractivity contribution >= 4 is 21.4 Å². The summed E-state index contributed by atoms with van der Waals surface area (Å²) in [6.45, 7) is 0. The molecule has 14 heavy (non-hydrogen) atoms. The smallest absolute Gasteiger partial charge is 0.202 e. The molecule has 0 N–H and O–H groups in total. The van der Waals surface area contributed by atoms with Crippen LogP contribution < -0.4 is 0 Å². The molecule has 0 aliphatic carbocycles. The zero-order valence-corrected chi connectivity index (χ0v) is 9.31. The summed E-state index contributed by atoms with van der Waals surface area (Å²) in [6, 6.07) is 6.53. The molecule has 0 bridgehead atoms. The third kappa shape index (κ3) is 2.70. The maximum absolute atomic E-state index is 11.5. The summed E-state index contributed by atoms with van der Waals surface area (Å²) in [5.74, 6) is -0.00488. The monoisotopic (exact) mass is 234 g/mol. The molecular weight excluding hydrogens is 224 g/mol. The van der Waals surface area contributed by atoms with E-state index in [0.29, 0.717) is 5.88 Å². The molecule has 78 valence electrons. The molecule has 0 unspecified atom stereocenters. The third-order valence-electron chi connectivity index (χ3n) is 1.68. The van der Waals surface area contributed by atoms with E-state index in [0.717, 1.165) is 5.56 Å². The van der Waals surface area contributed by atoms with E-state index in [2.05, 4.69) is 4.74 Å². The maximum atomic E-state index is 11.5. The summed E-state index contributed by atoms with van der Waals surface area (Å²) < 4.78 is 27.7. The molecule has 1 aromatic rings. The molecule has 3 nitrogen and oxygen atoms in total. The largest absolute Gasteiger partial charge is 0.368 e. The Kier molecular flexibility index (Phi) is 3.92. The molecule has 0 aliphatic heterocycles. The van der Waals surface area contributed by atoms with Gasteiger partial charge in [0, 0.05) is 13.0 Å². The van der Waals surface area contributed by atoms with Gasteiger partial charge >= 0.3 is 0 Å². The molecule has 0 aliphatic rings. The molecule has 0 saturated heterocycles. The predicted octanol–water partition coefficient (Wildman–Crippen LogP) is 1.80. The lowest BCUT2D eigenvalue weighted by Crippen LogP contribution is -2.08. The molecular formula is C9H11ClO3S. The van der Waals surface area contributed by atoms with Crippen LogP contribution >= 0.6 is 11.6 Å². The molecule has 1 rings (SSSR count). The van der Waals surface area contributed by atoms with Gasteiger partial charge in [0.05, 0.1) is 4.90 Å². The fourth-order valence-corrected chi connectivity index (χ4v) is 2.27. The molecule has 5 heteroatoms. The summed E-state index contributed by atoms with van der Waals surface area (Å²) >= 11 is 5.60. The van der Waals surface area contributed by atoms with Gasteiger partial charge in [0.2, 0.25) is 9.84 Å². The first-order valence-corrected chi connectivity index (χ1v) is 6.15. The van der Waals surface area contributed by atoms with E-state index in [1.807, 2.05) is 0 Å². The minimum absolute atomic E-state index is 0.248. The van der Waals surface area contributed by atoms with Crippen molar-refractivity contribution in [3.05, 3.63) is 29.8 Å². The fraction of sp³-hybridized carbons (Fsp3) is 0.333. The van der Waals surface area contributed by atoms with Crippen LogP contribution in [-0.4, -0.2) is 21.5 Å². The standard InChI is InChI=1S/C9H11ClO3S/c1-13-7-14(11,12)9-4-2-3-8(5-9)6-10/h2-5H,6-7H2,1H3. The van der Waals surface area contributed by atoms with Crippen LogP contribution in [-0.2, 0) is 20.5 Å². The van der Waals surface area contributed by atoms with Crippen LogP contribution in [0.25, 0.3) is 0 Å². The van der Waals surface area contributed by atoms with E-state index in [1.165, 1.54) is 13.2 Å². The van der Waals surface area contributed by atoms with Gasteiger partial charge in [0.15, 0.2) is 5.94 Å². The van der Waals surface area contributed by atoms with Crippen molar-refractivity contribution in [2.45, 2.75) is 10.8 Å². The summed E-state index contributed by atoms with van der Waals surface area (Å²) in [5.41, 5.74) is 0.781. The number of hydrogen-bond acceptors (Lipinski definition) is 3. The van der Waals surface area contributed by atoms with Gasteiger partial charge in [0.25, 0.3) is 0 Å². The second-order valence-corrected chi connectivity index (χ2v) is 5.01. The Morgan fingerprint density at radius 3 is 2.71 bits per heavy atom. The van der Waals surface area contributed by atoms with E-state index in [1.54, 1.807) is 18.2 Å². The Hall–Kier alpha value is -0.580. The second-order valence-electron chi connectivity index (χ2n) is 2.80. The number of methoxy groups -OCH3 is 1. The van der Waals surface area contributed by atoms with Gasteiger partial charge in [-0.25, -0.2) is 8.42 Å². The summed E-state index contributed by atoms with van der Waals surface area (Å²) in [7, 11) is -1.97. The first kappa shape index (κ1) is 11.5. The highest BCUT2D eigenvalue weighted by atomic mass is 35.5. The quantitative estimate of drug-likeness (QED) is 0.747. The van der Waals surface area contributed by atoms with E-state index in [-0.39, 0.29) is 10.8 Å². The average molecular weight is 235 g/mol. The second kappa shape index (κ2) is 4.77. The maximum Gasteiger partial charge on any atom is 0.202 e. The van der Waals surface area contributed by atoms with Gasteiger partial charge in [-0.2, -0.15) is 0 Å². The normalized spacial score (nSPS) is 11.6. The van der Waals surface area contributed by atoms with Crippen molar-refractivity contribution in [2.24, 2.45) is 0 Å². The topological polar surface area (TPSA) is 43.4 Å². The lowest BCUT2D eigenvalue weighted by Gasteiger charge is -2.03. The van der Waals surface area contributed by atoms with Crippen LogP contribution in [0.2, 0.25) is 0 Å². The Labute approximate surface area is 88.6 Å². The third-order valence-corrected chi connectivity index (χ3v) is 3.51. The number of halogens is 1. The molecule has 0 spiro atoms. The lowest BCUT2D eigenvalue weighted by molar-refractivity contribution is 0.250. The lowest BCUT2D eigenvalue weighted by atomic mass is 10.2. The predicted molar refractivity (Wildman–Crippen MR) is 55.1 cm³/mol. The number of sulfone groups is 1. The number of alkyl halides is 1. The van der Waals surface area contributed by atoms with Crippen molar-refractivity contribution in [3.8, 4) is 0 Å². The van der Waals surface area contributed by atoms with Crippen molar-refractivity contribution in [1.29, 1.82) is 0 Å².